The van der Waals surface area contributed by atoms with Crippen LogP contribution in [0.5, 0.6) is 11.5 Å². The summed E-state index contributed by atoms with van der Waals surface area (Å²) in [4.78, 5) is 30.0. The number of methoxy groups -OCH3 is 1. The van der Waals surface area contributed by atoms with E-state index in [4.69, 9.17) is 13.9 Å². The van der Waals surface area contributed by atoms with Gasteiger partial charge < -0.3 is 23.7 Å². The molecule has 1 aliphatic heterocycles. The highest BCUT2D eigenvalue weighted by Gasteiger charge is 2.43. The van der Waals surface area contributed by atoms with Crippen LogP contribution in [0.4, 0.5) is 0 Å². The standard InChI is InChI=1S/C29H28N2O5/c1-30(2)15-16-31-26(25-27(32)21-11-7-8-12-22(21)36-28(25)29(31)33)20-13-14-23(24(17-20)34-3)35-18-19-9-5-4-6-10-19/h4-14,17,26H,15-16,18H2,1-3H3/p+1/t26-/m1/s1. The second-order valence-electron chi connectivity index (χ2n) is 9.21. The largest absolute Gasteiger partial charge is 0.493 e. The molecule has 0 saturated heterocycles. The molecule has 1 atom stereocenters. The van der Waals surface area contributed by atoms with Gasteiger partial charge in [-0.3, -0.25) is 9.59 Å². The predicted octanol–water partition coefficient (Wildman–Crippen LogP) is 3.07. The fourth-order valence-corrected chi connectivity index (χ4v) is 4.60. The fraction of sp³-hybridized carbons (Fsp3) is 0.241. The Morgan fingerprint density at radius 3 is 2.44 bits per heavy atom. The Morgan fingerprint density at radius 2 is 1.69 bits per heavy atom. The normalized spacial score (nSPS) is 14.9. The lowest BCUT2D eigenvalue weighted by atomic mass is 9.98. The Kier molecular flexibility index (Phi) is 6.48. The molecule has 4 aromatic rings. The Morgan fingerprint density at radius 1 is 0.944 bits per heavy atom. The molecule has 5 rings (SSSR count). The third-order valence-electron chi connectivity index (χ3n) is 6.47. The van der Waals surface area contributed by atoms with Gasteiger partial charge in [-0.1, -0.05) is 48.5 Å². The van der Waals surface area contributed by atoms with Gasteiger partial charge in [0.05, 0.1) is 51.3 Å². The first-order valence-electron chi connectivity index (χ1n) is 12.0. The maximum absolute atomic E-state index is 13.6. The molecular formula is C29H29N2O5+. The first kappa shape index (κ1) is 23.6. The molecular weight excluding hydrogens is 456 g/mol. The number of carbonyl (C=O) groups is 1. The molecule has 1 aromatic heterocycles. The minimum Gasteiger partial charge on any atom is -0.493 e. The van der Waals surface area contributed by atoms with Gasteiger partial charge in [0, 0.05) is 0 Å². The van der Waals surface area contributed by atoms with Crippen molar-refractivity contribution in [2.24, 2.45) is 0 Å². The van der Waals surface area contributed by atoms with Gasteiger partial charge in [0.25, 0.3) is 5.91 Å². The maximum Gasteiger partial charge on any atom is 0.291 e. The van der Waals surface area contributed by atoms with Crippen molar-refractivity contribution in [3.63, 3.8) is 0 Å². The van der Waals surface area contributed by atoms with Crippen molar-refractivity contribution in [2.75, 3.05) is 34.3 Å². The zero-order valence-corrected chi connectivity index (χ0v) is 20.6. The molecule has 0 fully saturated rings. The van der Waals surface area contributed by atoms with E-state index in [1.54, 1.807) is 36.3 Å². The highest BCUT2D eigenvalue weighted by atomic mass is 16.5. The second kappa shape index (κ2) is 9.87. The number of fused-ring (bicyclic) bond motifs is 2. The van der Waals surface area contributed by atoms with E-state index in [9.17, 15) is 9.59 Å². The number of nitrogens with zero attached hydrogens (tertiary/aromatic N) is 1. The van der Waals surface area contributed by atoms with Crippen molar-refractivity contribution < 1.29 is 23.6 Å². The SMILES string of the molecule is COc1cc([C@@H]2c3c(oc4ccccc4c3=O)C(=O)N2CC[NH+](C)C)ccc1OCc1ccccc1. The average Bonchev–Trinajstić information content (AvgIpc) is 3.18. The molecule has 36 heavy (non-hydrogen) atoms. The number of ether oxygens (including phenoxy) is 2. The zero-order valence-electron chi connectivity index (χ0n) is 20.6. The van der Waals surface area contributed by atoms with Crippen molar-refractivity contribution in [1.82, 2.24) is 4.90 Å². The van der Waals surface area contributed by atoms with Crippen LogP contribution in [-0.2, 0) is 6.61 Å². The Balaban J connectivity index is 1.57. The van der Waals surface area contributed by atoms with Crippen molar-refractivity contribution in [2.45, 2.75) is 12.6 Å². The first-order chi connectivity index (χ1) is 17.5. The third-order valence-corrected chi connectivity index (χ3v) is 6.47. The highest BCUT2D eigenvalue weighted by molar-refractivity contribution is 5.99. The molecule has 1 N–H and O–H groups in total. The molecule has 3 aromatic carbocycles. The number of hydrogen-bond acceptors (Lipinski definition) is 5. The fourth-order valence-electron chi connectivity index (χ4n) is 4.60. The minimum absolute atomic E-state index is 0.112. The van der Waals surface area contributed by atoms with Crippen LogP contribution in [0.2, 0.25) is 0 Å². The topological polar surface area (TPSA) is 73.4 Å². The summed E-state index contributed by atoms with van der Waals surface area (Å²) in [5.41, 5.74) is 2.40. The van der Waals surface area contributed by atoms with Crippen molar-refractivity contribution in [1.29, 1.82) is 0 Å². The van der Waals surface area contributed by atoms with Crippen LogP contribution in [0, 0.1) is 0 Å². The predicted molar refractivity (Wildman–Crippen MR) is 137 cm³/mol. The van der Waals surface area contributed by atoms with Crippen LogP contribution >= 0.6 is 0 Å². The second-order valence-corrected chi connectivity index (χ2v) is 9.21. The van der Waals surface area contributed by atoms with Gasteiger partial charge in [-0.15, -0.1) is 0 Å². The number of likely N-dealkylation sites (N-methyl/N-ethyl adjacent to an activating group) is 1. The molecule has 0 bridgehead atoms. The summed E-state index contributed by atoms with van der Waals surface area (Å²) < 4.78 is 17.7. The van der Waals surface area contributed by atoms with Crippen LogP contribution in [0.3, 0.4) is 0 Å². The maximum atomic E-state index is 13.6. The molecule has 7 heteroatoms. The molecule has 2 heterocycles. The van der Waals surface area contributed by atoms with Crippen molar-refractivity contribution >= 4 is 16.9 Å². The first-order valence-corrected chi connectivity index (χ1v) is 12.0. The van der Waals surface area contributed by atoms with Gasteiger partial charge in [0.2, 0.25) is 5.76 Å². The van der Waals surface area contributed by atoms with Crippen LogP contribution in [0.15, 0.2) is 82.0 Å². The molecule has 1 aliphatic rings. The molecule has 1 amide bonds. The lowest BCUT2D eigenvalue weighted by molar-refractivity contribution is -0.857. The molecule has 184 valence electrons. The van der Waals surface area contributed by atoms with Crippen LogP contribution < -0.4 is 19.8 Å². The van der Waals surface area contributed by atoms with Gasteiger partial charge in [0.15, 0.2) is 16.9 Å². The molecule has 0 radical (unpaired) electrons. The molecule has 0 saturated carbocycles. The lowest BCUT2D eigenvalue weighted by Gasteiger charge is -2.26. The lowest BCUT2D eigenvalue weighted by Crippen LogP contribution is -3.06. The van der Waals surface area contributed by atoms with Crippen LogP contribution in [0.1, 0.15) is 33.3 Å². The summed E-state index contributed by atoms with van der Waals surface area (Å²) in [6.45, 7) is 1.59. The van der Waals surface area contributed by atoms with E-state index in [1.807, 2.05) is 62.6 Å². The highest BCUT2D eigenvalue weighted by Crippen LogP contribution is 2.40. The zero-order chi connectivity index (χ0) is 25.2. The third kappa shape index (κ3) is 4.33. The smallest absolute Gasteiger partial charge is 0.291 e. The van der Waals surface area contributed by atoms with Crippen molar-refractivity contribution in [3.8, 4) is 11.5 Å². The van der Waals surface area contributed by atoms with Crippen LogP contribution in [-0.4, -0.2) is 45.1 Å². The molecule has 0 aliphatic carbocycles. The minimum atomic E-state index is -0.579. The van der Waals surface area contributed by atoms with Crippen LogP contribution in [0.25, 0.3) is 11.0 Å². The van der Waals surface area contributed by atoms with E-state index in [0.29, 0.717) is 41.2 Å². The number of benzene rings is 3. The average molecular weight is 486 g/mol. The number of nitrogens with one attached hydrogen (secondary N) is 1. The summed E-state index contributed by atoms with van der Waals surface area (Å²) in [7, 11) is 5.64. The van der Waals surface area contributed by atoms with Crippen molar-refractivity contribution in [3.05, 3.63) is 105 Å². The van der Waals surface area contributed by atoms with Gasteiger partial charge in [-0.25, -0.2) is 0 Å². The number of para-hydroxylation sites is 1. The molecule has 0 spiro atoms. The number of quaternary nitrogens is 1. The Hall–Kier alpha value is -4.10. The monoisotopic (exact) mass is 485 g/mol. The van der Waals surface area contributed by atoms with E-state index in [0.717, 1.165) is 17.7 Å². The number of carbonyl (C=O) groups excluding carboxylic acids is 1. The van der Waals surface area contributed by atoms with E-state index in [2.05, 4.69) is 0 Å². The molecule has 7 nitrogen and oxygen atoms in total. The summed E-state index contributed by atoms with van der Waals surface area (Å²) in [6, 6.07) is 21.9. The number of amides is 1. The summed E-state index contributed by atoms with van der Waals surface area (Å²) in [5.74, 6) is 0.959. The van der Waals surface area contributed by atoms with Gasteiger partial charge >= 0.3 is 0 Å². The van der Waals surface area contributed by atoms with Gasteiger partial charge in [-0.2, -0.15) is 0 Å². The van der Waals surface area contributed by atoms with Gasteiger partial charge in [0.1, 0.15) is 12.2 Å². The Labute approximate surface area is 209 Å². The van der Waals surface area contributed by atoms with E-state index >= 15 is 0 Å². The summed E-state index contributed by atoms with van der Waals surface area (Å²) in [6.07, 6.45) is 0. The molecule has 0 unspecified atom stereocenters. The Bertz CT molecular complexity index is 1460. The number of rotatable bonds is 8. The summed E-state index contributed by atoms with van der Waals surface area (Å²) >= 11 is 0. The van der Waals surface area contributed by atoms with E-state index < -0.39 is 6.04 Å². The summed E-state index contributed by atoms with van der Waals surface area (Å²) in [5, 5.41) is 0.462. The van der Waals surface area contributed by atoms with E-state index in [1.165, 1.54) is 4.90 Å². The van der Waals surface area contributed by atoms with E-state index in [-0.39, 0.29) is 17.1 Å². The van der Waals surface area contributed by atoms with Gasteiger partial charge in [-0.05, 0) is 35.4 Å². The quantitative estimate of drug-likeness (QED) is 0.415. The number of hydrogen-bond donors (Lipinski definition) is 1.